The Hall–Kier alpha value is -6.02. The lowest BCUT2D eigenvalue weighted by atomic mass is 10.0. The van der Waals surface area contributed by atoms with Crippen LogP contribution in [0.1, 0.15) is 31.8 Å². The second-order valence-corrected chi connectivity index (χ2v) is 11.1. The van der Waals surface area contributed by atoms with Gasteiger partial charge in [-0.15, -0.1) is 0 Å². The molecule has 0 radical (unpaired) electrons. The molecule has 0 bridgehead atoms. The monoisotopic (exact) mass is 604 g/mol. The zero-order chi connectivity index (χ0) is 32.2. The van der Waals surface area contributed by atoms with Crippen molar-refractivity contribution in [3.05, 3.63) is 144 Å². The van der Waals surface area contributed by atoms with Gasteiger partial charge in [-0.25, -0.2) is 0 Å². The standard InChI is InChI=1S/C38H32N6O2/c1-25-13-17-39-33(21-25)35-23-29(15-19-41-35)37(45)43(3)31-9-5-27(6-10-31)28-7-11-32(12-8-28)44(4)38(46)30-16-20-42-36(24-30)34-22-26(2)14-18-40-34/h5-24H,1-4H3. The van der Waals surface area contributed by atoms with E-state index in [1.54, 1.807) is 72.9 Å². The molecule has 6 rings (SSSR count). The second-order valence-electron chi connectivity index (χ2n) is 11.1. The van der Waals surface area contributed by atoms with E-state index in [9.17, 15) is 9.59 Å². The first-order valence-electron chi connectivity index (χ1n) is 14.8. The molecule has 0 unspecified atom stereocenters. The minimum atomic E-state index is -0.141. The van der Waals surface area contributed by atoms with Crippen molar-refractivity contribution in [1.82, 2.24) is 19.9 Å². The molecule has 8 nitrogen and oxygen atoms in total. The Bertz CT molecular complexity index is 1890. The number of amides is 2. The summed E-state index contributed by atoms with van der Waals surface area (Å²) in [6.45, 7) is 3.99. The highest BCUT2D eigenvalue weighted by molar-refractivity contribution is 6.07. The van der Waals surface area contributed by atoms with Crippen molar-refractivity contribution in [1.29, 1.82) is 0 Å². The van der Waals surface area contributed by atoms with Crippen LogP contribution < -0.4 is 9.80 Å². The van der Waals surface area contributed by atoms with E-state index in [-0.39, 0.29) is 11.8 Å². The Morgan fingerprint density at radius 1 is 0.457 bits per heavy atom. The predicted octanol–water partition coefficient (Wildman–Crippen LogP) is 7.44. The molecule has 4 heterocycles. The van der Waals surface area contributed by atoms with Crippen molar-refractivity contribution < 1.29 is 9.59 Å². The maximum atomic E-state index is 13.4. The zero-order valence-electron chi connectivity index (χ0n) is 26.0. The largest absolute Gasteiger partial charge is 0.311 e. The van der Waals surface area contributed by atoms with Gasteiger partial charge >= 0.3 is 0 Å². The van der Waals surface area contributed by atoms with Crippen LogP contribution in [0.25, 0.3) is 33.9 Å². The topological polar surface area (TPSA) is 92.2 Å². The summed E-state index contributed by atoms with van der Waals surface area (Å²) in [5, 5.41) is 0. The van der Waals surface area contributed by atoms with E-state index in [0.717, 1.165) is 45.0 Å². The summed E-state index contributed by atoms with van der Waals surface area (Å²) in [6, 6.07) is 30.3. The van der Waals surface area contributed by atoms with E-state index in [1.165, 1.54) is 0 Å². The van der Waals surface area contributed by atoms with Crippen LogP contribution in [0, 0.1) is 13.8 Å². The SMILES string of the molecule is Cc1ccnc(-c2cc(C(=O)N(C)c3ccc(-c4ccc(N(C)C(=O)c5ccnc(-c6cc(C)ccn6)c5)cc4)cc3)ccn2)c1. The number of carbonyl (C=O) groups is 2. The smallest absolute Gasteiger partial charge is 0.258 e. The van der Waals surface area contributed by atoms with Crippen molar-refractivity contribution in [2.24, 2.45) is 0 Å². The molecule has 4 aromatic heterocycles. The maximum Gasteiger partial charge on any atom is 0.258 e. The Balaban J connectivity index is 1.14. The van der Waals surface area contributed by atoms with E-state index >= 15 is 0 Å². The van der Waals surface area contributed by atoms with E-state index in [2.05, 4.69) is 19.9 Å². The summed E-state index contributed by atoms with van der Waals surface area (Å²) < 4.78 is 0. The molecule has 6 aromatic rings. The molecule has 46 heavy (non-hydrogen) atoms. The number of pyridine rings is 4. The first-order chi connectivity index (χ1) is 22.3. The molecule has 0 saturated carbocycles. The number of aromatic nitrogens is 4. The van der Waals surface area contributed by atoms with Gasteiger partial charge in [-0.3, -0.25) is 29.5 Å². The van der Waals surface area contributed by atoms with Crippen LogP contribution in [-0.2, 0) is 0 Å². The average Bonchev–Trinajstić information content (AvgIpc) is 3.10. The van der Waals surface area contributed by atoms with Gasteiger partial charge in [0, 0.05) is 61.4 Å². The first kappa shape index (κ1) is 30.0. The molecule has 0 aliphatic heterocycles. The summed E-state index contributed by atoms with van der Waals surface area (Å²) in [5.74, 6) is -0.282. The normalized spacial score (nSPS) is 10.8. The van der Waals surface area contributed by atoms with Crippen LogP contribution in [0.4, 0.5) is 11.4 Å². The van der Waals surface area contributed by atoms with Crippen molar-refractivity contribution in [2.75, 3.05) is 23.9 Å². The van der Waals surface area contributed by atoms with Crippen LogP contribution in [0.15, 0.2) is 122 Å². The molecule has 0 saturated heterocycles. The van der Waals surface area contributed by atoms with Crippen molar-refractivity contribution in [2.45, 2.75) is 13.8 Å². The Morgan fingerprint density at radius 2 is 0.783 bits per heavy atom. The highest BCUT2D eigenvalue weighted by Gasteiger charge is 2.17. The van der Waals surface area contributed by atoms with Crippen LogP contribution in [0.2, 0.25) is 0 Å². The minimum Gasteiger partial charge on any atom is -0.311 e. The molecule has 0 aliphatic carbocycles. The lowest BCUT2D eigenvalue weighted by molar-refractivity contribution is 0.0985. The Labute approximate surface area is 268 Å². The quantitative estimate of drug-likeness (QED) is 0.188. The third-order valence-corrected chi connectivity index (χ3v) is 7.82. The van der Waals surface area contributed by atoms with Gasteiger partial charge in [0.05, 0.1) is 22.8 Å². The number of hydrogen-bond donors (Lipinski definition) is 0. The lowest BCUT2D eigenvalue weighted by Crippen LogP contribution is -2.26. The summed E-state index contributed by atoms with van der Waals surface area (Å²) in [4.78, 5) is 47.6. The van der Waals surface area contributed by atoms with Crippen molar-refractivity contribution in [3.8, 4) is 33.9 Å². The molecular formula is C38H32N6O2. The van der Waals surface area contributed by atoms with Gasteiger partial charge in [-0.1, -0.05) is 24.3 Å². The van der Waals surface area contributed by atoms with E-state index in [4.69, 9.17) is 0 Å². The van der Waals surface area contributed by atoms with Gasteiger partial charge in [0.1, 0.15) is 0 Å². The number of anilines is 2. The van der Waals surface area contributed by atoms with Gasteiger partial charge in [-0.2, -0.15) is 0 Å². The van der Waals surface area contributed by atoms with Crippen molar-refractivity contribution in [3.63, 3.8) is 0 Å². The molecule has 8 heteroatoms. The molecule has 226 valence electrons. The fraction of sp³-hybridized carbons (Fsp3) is 0.105. The number of nitrogens with zero attached hydrogens (tertiary/aromatic N) is 6. The summed E-state index contributed by atoms with van der Waals surface area (Å²) in [5.41, 5.74) is 9.48. The summed E-state index contributed by atoms with van der Waals surface area (Å²) in [6.07, 6.45) is 6.75. The van der Waals surface area contributed by atoms with E-state index in [0.29, 0.717) is 22.5 Å². The number of rotatable bonds is 7. The van der Waals surface area contributed by atoms with Crippen LogP contribution in [0.3, 0.4) is 0 Å². The van der Waals surface area contributed by atoms with E-state index in [1.807, 2.05) is 86.6 Å². The fourth-order valence-electron chi connectivity index (χ4n) is 5.14. The molecule has 0 atom stereocenters. The minimum absolute atomic E-state index is 0.141. The van der Waals surface area contributed by atoms with Gasteiger partial charge in [-0.05, 0) is 109 Å². The van der Waals surface area contributed by atoms with Crippen molar-refractivity contribution >= 4 is 23.2 Å². The van der Waals surface area contributed by atoms with Gasteiger partial charge in [0.25, 0.3) is 11.8 Å². The number of benzene rings is 2. The van der Waals surface area contributed by atoms with Crippen LogP contribution in [0.5, 0.6) is 0 Å². The van der Waals surface area contributed by atoms with Crippen LogP contribution in [-0.4, -0.2) is 45.8 Å². The molecule has 0 spiro atoms. The summed E-state index contributed by atoms with van der Waals surface area (Å²) in [7, 11) is 3.51. The Morgan fingerprint density at radius 3 is 1.13 bits per heavy atom. The third kappa shape index (κ3) is 6.42. The maximum absolute atomic E-state index is 13.4. The van der Waals surface area contributed by atoms with Crippen LogP contribution >= 0.6 is 0 Å². The summed E-state index contributed by atoms with van der Waals surface area (Å²) >= 11 is 0. The van der Waals surface area contributed by atoms with Gasteiger partial charge in [0.15, 0.2) is 0 Å². The third-order valence-electron chi connectivity index (χ3n) is 7.82. The van der Waals surface area contributed by atoms with E-state index < -0.39 is 0 Å². The second kappa shape index (κ2) is 12.9. The fourth-order valence-corrected chi connectivity index (χ4v) is 5.14. The highest BCUT2D eigenvalue weighted by Crippen LogP contribution is 2.27. The predicted molar refractivity (Wildman–Crippen MR) is 182 cm³/mol. The number of aryl methyl sites for hydroxylation is 2. The molecular weight excluding hydrogens is 572 g/mol. The molecule has 2 amide bonds. The molecule has 2 aromatic carbocycles. The zero-order valence-corrected chi connectivity index (χ0v) is 26.0. The highest BCUT2D eigenvalue weighted by atomic mass is 16.2. The van der Waals surface area contributed by atoms with Gasteiger partial charge < -0.3 is 9.80 Å². The number of hydrogen-bond acceptors (Lipinski definition) is 6. The molecule has 0 N–H and O–H groups in total. The average molecular weight is 605 g/mol. The lowest BCUT2D eigenvalue weighted by Gasteiger charge is -2.19. The molecule has 0 fully saturated rings. The molecule has 0 aliphatic rings. The number of carbonyl (C=O) groups excluding carboxylic acids is 2. The van der Waals surface area contributed by atoms with Gasteiger partial charge in [0.2, 0.25) is 0 Å². The first-order valence-corrected chi connectivity index (χ1v) is 14.8. The Kier molecular flexibility index (Phi) is 8.43.